The lowest BCUT2D eigenvalue weighted by Crippen LogP contribution is -2.42. The second-order valence-electron chi connectivity index (χ2n) is 6.04. The first-order valence-corrected chi connectivity index (χ1v) is 6.81. The summed E-state index contributed by atoms with van der Waals surface area (Å²) < 4.78 is 19.1. The fraction of sp³-hybridized carbons (Fsp3) is 0.533. The van der Waals surface area contributed by atoms with Gasteiger partial charge in [0.25, 0.3) is 0 Å². The van der Waals surface area contributed by atoms with Crippen molar-refractivity contribution in [2.75, 3.05) is 13.1 Å². The van der Waals surface area contributed by atoms with Gasteiger partial charge in [-0.25, -0.2) is 9.18 Å². The van der Waals surface area contributed by atoms with Crippen molar-refractivity contribution in [3.63, 3.8) is 0 Å². The molecule has 2 atom stereocenters. The molecule has 0 saturated carbocycles. The number of hydrogen-bond donors (Lipinski definition) is 2. The average molecular weight is 280 g/mol. The van der Waals surface area contributed by atoms with Crippen LogP contribution in [0.2, 0.25) is 0 Å². The third kappa shape index (κ3) is 3.70. The molecule has 0 aliphatic carbocycles. The average Bonchev–Trinajstić information content (AvgIpc) is 2.75. The zero-order valence-electron chi connectivity index (χ0n) is 12.1. The molecule has 1 saturated heterocycles. The highest BCUT2D eigenvalue weighted by atomic mass is 19.1. The summed E-state index contributed by atoms with van der Waals surface area (Å²) in [5.74, 6) is -0.319. The summed E-state index contributed by atoms with van der Waals surface area (Å²) in [4.78, 5) is 11.8. The van der Waals surface area contributed by atoms with E-state index in [-0.39, 0.29) is 17.8 Å². The SMILES string of the molecule is CC(C)(C)OC(=O)N[C@H]1CNC[C@H]1c1ccccc1F. The number of carbonyl (C=O) groups excluding carboxylic acids is 1. The Bertz CT molecular complexity index is 485. The van der Waals surface area contributed by atoms with Gasteiger partial charge in [-0.3, -0.25) is 0 Å². The molecule has 0 aromatic heterocycles. The first-order valence-electron chi connectivity index (χ1n) is 6.81. The number of rotatable bonds is 2. The van der Waals surface area contributed by atoms with Gasteiger partial charge in [-0.05, 0) is 32.4 Å². The van der Waals surface area contributed by atoms with Crippen molar-refractivity contribution in [2.45, 2.75) is 38.3 Å². The Labute approximate surface area is 118 Å². The van der Waals surface area contributed by atoms with Gasteiger partial charge >= 0.3 is 6.09 Å². The van der Waals surface area contributed by atoms with Gasteiger partial charge in [-0.15, -0.1) is 0 Å². The number of alkyl carbamates (subject to hydrolysis) is 1. The molecule has 1 heterocycles. The van der Waals surface area contributed by atoms with Crippen molar-refractivity contribution in [2.24, 2.45) is 0 Å². The highest BCUT2D eigenvalue weighted by Gasteiger charge is 2.32. The van der Waals surface area contributed by atoms with Crippen LogP contribution in [-0.4, -0.2) is 30.8 Å². The Morgan fingerprint density at radius 1 is 1.35 bits per heavy atom. The number of nitrogens with one attached hydrogen (secondary N) is 2. The lowest BCUT2D eigenvalue weighted by molar-refractivity contribution is 0.0504. The Balaban J connectivity index is 2.05. The molecule has 1 aliphatic heterocycles. The van der Waals surface area contributed by atoms with E-state index in [1.54, 1.807) is 18.2 Å². The molecule has 5 heteroatoms. The van der Waals surface area contributed by atoms with E-state index in [0.717, 1.165) is 0 Å². The van der Waals surface area contributed by atoms with Crippen LogP contribution in [0.15, 0.2) is 24.3 Å². The molecule has 110 valence electrons. The zero-order valence-corrected chi connectivity index (χ0v) is 12.1. The van der Waals surface area contributed by atoms with E-state index in [1.165, 1.54) is 6.07 Å². The largest absolute Gasteiger partial charge is 0.444 e. The normalized spacial score (nSPS) is 22.6. The fourth-order valence-corrected chi connectivity index (χ4v) is 2.39. The van der Waals surface area contributed by atoms with E-state index in [2.05, 4.69) is 10.6 Å². The number of halogens is 1. The minimum Gasteiger partial charge on any atom is -0.444 e. The highest BCUT2D eigenvalue weighted by Crippen LogP contribution is 2.25. The van der Waals surface area contributed by atoms with Crippen LogP contribution in [0, 0.1) is 5.82 Å². The van der Waals surface area contributed by atoms with Crippen molar-refractivity contribution >= 4 is 6.09 Å². The molecule has 2 N–H and O–H groups in total. The van der Waals surface area contributed by atoms with Crippen LogP contribution < -0.4 is 10.6 Å². The van der Waals surface area contributed by atoms with E-state index >= 15 is 0 Å². The summed E-state index contributed by atoms with van der Waals surface area (Å²) in [6.07, 6.45) is -0.465. The number of carbonyl (C=O) groups is 1. The number of hydrogen-bond acceptors (Lipinski definition) is 3. The summed E-state index contributed by atoms with van der Waals surface area (Å²) in [5, 5.41) is 6.00. The van der Waals surface area contributed by atoms with Crippen LogP contribution in [0.1, 0.15) is 32.3 Å². The van der Waals surface area contributed by atoms with E-state index in [1.807, 2.05) is 20.8 Å². The minimum atomic E-state index is -0.538. The minimum absolute atomic E-state index is 0.0799. The molecule has 1 aromatic carbocycles. The van der Waals surface area contributed by atoms with E-state index in [0.29, 0.717) is 18.7 Å². The molecule has 0 radical (unpaired) electrons. The number of amides is 1. The maximum atomic E-state index is 13.9. The Morgan fingerprint density at radius 3 is 2.70 bits per heavy atom. The summed E-state index contributed by atoms with van der Waals surface area (Å²) in [7, 11) is 0. The third-order valence-electron chi connectivity index (χ3n) is 3.22. The predicted molar refractivity (Wildman–Crippen MR) is 75.2 cm³/mol. The number of ether oxygens (including phenoxy) is 1. The van der Waals surface area contributed by atoms with Gasteiger partial charge in [0.15, 0.2) is 0 Å². The maximum absolute atomic E-state index is 13.9. The van der Waals surface area contributed by atoms with Crippen LogP contribution >= 0.6 is 0 Å². The predicted octanol–water partition coefficient (Wildman–Crippen LogP) is 2.41. The molecule has 0 bridgehead atoms. The molecule has 20 heavy (non-hydrogen) atoms. The smallest absolute Gasteiger partial charge is 0.407 e. The standard InChI is InChI=1S/C15H21FN2O2/c1-15(2,3)20-14(19)18-13-9-17-8-11(13)10-6-4-5-7-12(10)16/h4-7,11,13,17H,8-9H2,1-3H3,(H,18,19)/t11-,13-/m0/s1. The van der Waals surface area contributed by atoms with Gasteiger partial charge in [0.1, 0.15) is 11.4 Å². The molecule has 0 spiro atoms. The van der Waals surface area contributed by atoms with E-state index in [4.69, 9.17) is 4.74 Å². The zero-order chi connectivity index (χ0) is 14.8. The van der Waals surface area contributed by atoms with E-state index < -0.39 is 11.7 Å². The van der Waals surface area contributed by atoms with Crippen molar-refractivity contribution in [3.05, 3.63) is 35.6 Å². The molecule has 4 nitrogen and oxygen atoms in total. The van der Waals surface area contributed by atoms with Crippen LogP contribution in [0.4, 0.5) is 9.18 Å². The summed E-state index contributed by atoms with van der Waals surface area (Å²) >= 11 is 0. The Hall–Kier alpha value is -1.62. The van der Waals surface area contributed by atoms with Crippen molar-refractivity contribution in [3.8, 4) is 0 Å². The monoisotopic (exact) mass is 280 g/mol. The topological polar surface area (TPSA) is 50.4 Å². The van der Waals surface area contributed by atoms with E-state index in [9.17, 15) is 9.18 Å². The van der Waals surface area contributed by atoms with Gasteiger partial charge < -0.3 is 15.4 Å². The summed E-state index contributed by atoms with van der Waals surface area (Å²) in [5.41, 5.74) is 0.0856. The van der Waals surface area contributed by atoms with Crippen LogP contribution in [-0.2, 0) is 4.74 Å². The molecule has 1 amide bonds. The van der Waals surface area contributed by atoms with Crippen LogP contribution in [0.25, 0.3) is 0 Å². The Morgan fingerprint density at radius 2 is 2.05 bits per heavy atom. The van der Waals surface area contributed by atoms with Crippen LogP contribution in [0.5, 0.6) is 0 Å². The summed E-state index contributed by atoms with van der Waals surface area (Å²) in [6, 6.07) is 6.51. The summed E-state index contributed by atoms with van der Waals surface area (Å²) in [6.45, 7) is 6.69. The van der Waals surface area contributed by atoms with Gasteiger partial charge in [-0.2, -0.15) is 0 Å². The van der Waals surface area contributed by atoms with Crippen molar-refractivity contribution in [1.29, 1.82) is 0 Å². The molecule has 1 aliphatic rings. The lowest BCUT2D eigenvalue weighted by atomic mass is 9.94. The maximum Gasteiger partial charge on any atom is 0.407 e. The molecule has 1 aromatic rings. The first-order chi connectivity index (χ1) is 9.37. The first kappa shape index (κ1) is 14.8. The van der Waals surface area contributed by atoms with Gasteiger partial charge in [0, 0.05) is 19.0 Å². The second kappa shape index (κ2) is 5.79. The molecular weight excluding hydrogens is 259 g/mol. The Kier molecular flexibility index (Phi) is 4.28. The van der Waals surface area contributed by atoms with Crippen LogP contribution in [0.3, 0.4) is 0 Å². The van der Waals surface area contributed by atoms with Crippen molar-refractivity contribution in [1.82, 2.24) is 10.6 Å². The molecule has 2 rings (SSSR count). The molecule has 1 fully saturated rings. The third-order valence-corrected chi connectivity index (χ3v) is 3.22. The van der Waals surface area contributed by atoms with Crippen molar-refractivity contribution < 1.29 is 13.9 Å². The fourth-order valence-electron chi connectivity index (χ4n) is 2.39. The van der Waals surface area contributed by atoms with Gasteiger partial charge in [0.05, 0.1) is 6.04 Å². The van der Waals surface area contributed by atoms with Gasteiger partial charge in [0.2, 0.25) is 0 Å². The lowest BCUT2D eigenvalue weighted by Gasteiger charge is -2.24. The molecule has 0 unspecified atom stereocenters. The molecular formula is C15H21FN2O2. The highest BCUT2D eigenvalue weighted by molar-refractivity contribution is 5.68. The number of benzene rings is 1. The quantitative estimate of drug-likeness (QED) is 0.874. The van der Waals surface area contributed by atoms with Gasteiger partial charge in [-0.1, -0.05) is 18.2 Å². The second-order valence-corrected chi connectivity index (χ2v) is 6.04.